The Morgan fingerprint density at radius 2 is 1.31 bits per heavy atom. The Morgan fingerprint density at radius 3 is 1.54 bits per heavy atom. The van der Waals surface area contributed by atoms with Crippen LogP contribution in [0.25, 0.3) is 0 Å². The van der Waals surface area contributed by atoms with Crippen molar-refractivity contribution < 1.29 is 14.6 Å². The zero-order chi connectivity index (χ0) is 10.5. The molecule has 0 aromatic heterocycles. The van der Waals surface area contributed by atoms with Crippen LogP contribution in [-0.4, -0.2) is 33.5 Å². The summed E-state index contributed by atoms with van der Waals surface area (Å²) in [6, 6.07) is 9.68. The maximum absolute atomic E-state index is 7.00. The summed E-state index contributed by atoms with van der Waals surface area (Å²) >= 11 is 0. The Morgan fingerprint density at radius 1 is 0.923 bits per heavy atom. The quantitative estimate of drug-likeness (QED) is 0.723. The van der Waals surface area contributed by atoms with Crippen molar-refractivity contribution in [3.8, 4) is 5.75 Å². The predicted octanol–water partition coefficient (Wildman–Crippen LogP) is 1.57. The predicted molar refractivity (Wildman–Crippen MR) is 54.1 cm³/mol. The molecule has 0 bridgehead atoms. The van der Waals surface area contributed by atoms with Crippen molar-refractivity contribution in [1.82, 2.24) is 0 Å². The maximum atomic E-state index is 7.00. The molecule has 0 aliphatic carbocycles. The van der Waals surface area contributed by atoms with Gasteiger partial charge in [0.05, 0.1) is 7.11 Å². The van der Waals surface area contributed by atoms with E-state index in [1.165, 1.54) is 0 Å². The number of aliphatic hydroxyl groups is 1. The number of rotatable bonds is 1. The summed E-state index contributed by atoms with van der Waals surface area (Å²) in [7, 11) is 5.91. The first-order valence-corrected chi connectivity index (χ1v) is 3.79. The molecule has 0 aliphatic rings. The lowest BCUT2D eigenvalue weighted by Gasteiger charge is -1.93. The van der Waals surface area contributed by atoms with Crippen LogP contribution in [0.3, 0.4) is 0 Å². The van der Waals surface area contributed by atoms with E-state index in [4.69, 9.17) is 9.84 Å². The molecule has 0 aliphatic heterocycles. The molecule has 0 heterocycles. The van der Waals surface area contributed by atoms with Crippen LogP contribution in [-0.2, 0) is 4.74 Å². The molecule has 1 rings (SSSR count). The number of ether oxygens (including phenoxy) is 2. The SMILES string of the molecule is CO.COC.COc1ccccc1. The summed E-state index contributed by atoms with van der Waals surface area (Å²) in [5.74, 6) is 0.910. The monoisotopic (exact) mass is 186 g/mol. The largest absolute Gasteiger partial charge is 0.497 e. The highest BCUT2D eigenvalue weighted by atomic mass is 16.5. The van der Waals surface area contributed by atoms with Crippen LogP contribution in [0.15, 0.2) is 30.3 Å². The number of hydrogen-bond acceptors (Lipinski definition) is 3. The van der Waals surface area contributed by atoms with Gasteiger partial charge in [-0.05, 0) is 12.1 Å². The highest BCUT2D eigenvalue weighted by Gasteiger charge is 1.80. The molecule has 13 heavy (non-hydrogen) atoms. The fourth-order valence-corrected chi connectivity index (χ4v) is 0.557. The van der Waals surface area contributed by atoms with Crippen molar-refractivity contribution >= 4 is 0 Å². The molecule has 1 aromatic rings. The topological polar surface area (TPSA) is 38.7 Å². The van der Waals surface area contributed by atoms with Crippen LogP contribution < -0.4 is 4.74 Å². The number of para-hydroxylation sites is 1. The number of benzene rings is 1. The molecule has 0 fully saturated rings. The van der Waals surface area contributed by atoms with E-state index in [2.05, 4.69) is 4.74 Å². The van der Waals surface area contributed by atoms with Crippen molar-refractivity contribution in [2.75, 3.05) is 28.4 Å². The molecule has 1 N–H and O–H groups in total. The molecule has 0 amide bonds. The summed E-state index contributed by atoms with van der Waals surface area (Å²) in [5, 5.41) is 7.00. The average molecular weight is 186 g/mol. The minimum Gasteiger partial charge on any atom is -0.497 e. The molecule has 3 nitrogen and oxygen atoms in total. The lowest BCUT2D eigenvalue weighted by Crippen LogP contribution is -1.78. The lowest BCUT2D eigenvalue weighted by atomic mass is 10.3. The van der Waals surface area contributed by atoms with E-state index >= 15 is 0 Å². The van der Waals surface area contributed by atoms with E-state index < -0.39 is 0 Å². The Hall–Kier alpha value is -1.06. The highest BCUT2D eigenvalue weighted by molar-refractivity contribution is 5.20. The first-order valence-electron chi connectivity index (χ1n) is 3.79. The van der Waals surface area contributed by atoms with Gasteiger partial charge in [0.25, 0.3) is 0 Å². The first-order chi connectivity index (χ1) is 6.35. The summed E-state index contributed by atoms with van der Waals surface area (Å²) in [6.07, 6.45) is 0. The Bertz CT molecular complexity index is 163. The average Bonchev–Trinajstić information content (AvgIpc) is 2.23. The number of aliphatic hydroxyl groups excluding tert-OH is 1. The summed E-state index contributed by atoms with van der Waals surface area (Å²) in [5.41, 5.74) is 0. The van der Waals surface area contributed by atoms with Gasteiger partial charge in [0.1, 0.15) is 5.75 Å². The molecule has 76 valence electrons. The number of hydrogen-bond donors (Lipinski definition) is 1. The zero-order valence-electron chi connectivity index (χ0n) is 8.65. The van der Waals surface area contributed by atoms with E-state index in [-0.39, 0.29) is 0 Å². The van der Waals surface area contributed by atoms with E-state index in [9.17, 15) is 0 Å². The van der Waals surface area contributed by atoms with Crippen LogP contribution in [0.5, 0.6) is 5.75 Å². The van der Waals surface area contributed by atoms with Crippen LogP contribution in [0.4, 0.5) is 0 Å². The molecule has 0 unspecified atom stereocenters. The lowest BCUT2D eigenvalue weighted by molar-refractivity contribution is 0.277. The van der Waals surface area contributed by atoms with Gasteiger partial charge in [0.2, 0.25) is 0 Å². The van der Waals surface area contributed by atoms with Gasteiger partial charge in [-0.25, -0.2) is 0 Å². The van der Waals surface area contributed by atoms with Gasteiger partial charge < -0.3 is 14.6 Å². The van der Waals surface area contributed by atoms with Crippen molar-refractivity contribution in [3.63, 3.8) is 0 Å². The zero-order valence-corrected chi connectivity index (χ0v) is 8.65. The van der Waals surface area contributed by atoms with Crippen molar-refractivity contribution in [1.29, 1.82) is 0 Å². The molecule has 0 radical (unpaired) electrons. The second-order valence-electron chi connectivity index (χ2n) is 1.93. The molecular weight excluding hydrogens is 168 g/mol. The third-order valence-electron chi connectivity index (χ3n) is 0.979. The molecule has 0 atom stereocenters. The second kappa shape index (κ2) is 13.5. The van der Waals surface area contributed by atoms with Crippen molar-refractivity contribution in [2.24, 2.45) is 0 Å². The van der Waals surface area contributed by atoms with Crippen LogP contribution in [0.2, 0.25) is 0 Å². The molecule has 1 aromatic carbocycles. The van der Waals surface area contributed by atoms with Gasteiger partial charge in [0, 0.05) is 21.3 Å². The highest BCUT2D eigenvalue weighted by Crippen LogP contribution is 2.05. The molecular formula is C10H18O3. The molecule has 0 saturated carbocycles. The van der Waals surface area contributed by atoms with Crippen LogP contribution in [0, 0.1) is 0 Å². The van der Waals surface area contributed by atoms with Gasteiger partial charge in [0.15, 0.2) is 0 Å². The van der Waals surface area contributed by atoms with E-state index in [0.717, 1.165) is 12.9 Å². The summed E-state index contributed by atoms with van der Waals surface area (Å²) in [6.45, 7) is 0. The van der Waals surface area contributed by atoms with Gasteiger partial charge in [-0.1, -0.05) is 18.2 Å². The molecule has 0 saturated heterocycles. The van der Waals surface area contributed by atoms with Gasteiger partial charge in [-0.3, -0.25) is 0 Å². The fraction of sp³-hybridized carbons (Fsp3) is 0.400. The number of methoxy groups -OCH3 is 2. The standard InChI is InChI=1S/C7H8O.C2H6O.CH4O/c1-8-7-5-3-2-4-6-7;1-3-2;1-2/h2-6H,1H3;1-2H3;2H,1H3. The Kier molecular flexibility index (Phi) is 15.0. The Labute approximate surface area is 79.9 Å². The van der Waals surface area contributed by atoms with E-state index in [1.807, 2.05) is 30.3 Å². The minimum absolute atomic E-state index is 0.910. The molecule has 3 heteroatoms. The Balaban J connectivity index is 0. The fourth-order valence-electron chi connectivity index (χ4n) is 0.557. The van der Waals surface area contributed by atoms with Crippen molar-refractivity contribution in [2.45, 2.75) is 0 Å². The third-order valence-corrected chi connectivity index (χ3v) is 0.979. The van der Waals surface area contributed by atoms with Gasteiger partial charge >= 0.3 is 0 Å². The van der Waals surface area contributed by atoms with Crippen LogP contribution in [0.1, 0.15) is 0 Å². The second-order valence-corrected chi connectivity index (χ2v) is 1.93. The normalized spacial score (nSPS) is 7.15. The van der Waals surface area contributed by atoms with Crippen LogP contribution >= 0.6 is 0 Å². The van der Waals surface area contributed by atoms with Gasteiger partial charge in [-0.2, -0.15) is 0 Å². The van der Waals surface area contributed by atoms with E-state index in [1.54, 1.807) is 21.3 Å². The maximum Gasteiger partial charge on any atom is 0.118 e. The van der Waals surface area contributed by atoms with E-state index in [0.29, 0.717) is 0 Å². The van der Waals surface area contributed by atoms with Crippen molar-refractivity contribution in [3.05, 3.63) is 30.3 Å². The third kappa shape index (κ3) is 10.9. The summed E-state index contributed by atoms with van der Waals surface area (Å²) in [4.78, 5) is 0. The summed E-state index contributed by atoms with van der Waals surface area (Å²) < 4.78 is 9.16. The first kappa shape index (κ1) is 14.5. The smallest absolute Gasteiger partial charge is 0.118 e. The minimum atomic E-state index is 0.910. The van der Waals surface area contributed by atoms with Gasteiger partial charge in [-0.15, -0.1) is 0 Å². The molecule has 0 spiro atoms.